The first-order valence-electron chi connectivity index (χ1n) is 3.91. The molecule has 0 radical (unpaired) electrons. The van der Waals surface area contributed by atoms with E-state index in [0.29, 0.717) is 5.02 Å². The zero-order chi connectivity index (χ0) is 11.6. The van der Waals surface area contributed by atoms with Crippen molar-refractivity contribution >= 4 is 35.0 Å². The second-order valence-electron chi connectivity index (χ2n) is 2.80. The molecule has 0 bridgehead atoms. The summed E-state index contributed by atoms with van der Waals surface area (Å²) in [6.45, 7) is 0. The summed E-state index contributed by atoms with van der Waals surface area (Å²) < 4.78 is 0. The molecule has 0 heterocycles. The largest absolute Gasteiger partial charge is 0.480 e. The number of rotatable bonds is 3. The number of halogens is 2. The van der Waals surface area contributed by atoms with Gasteiger partial charge in [-0.3, -0.25) is 9.59 Å². The molecule has 0 fully saturated rings. The van der Waals surface area contributed by atoms with Crippen LogP contribution in [-0.4, -0.2) is 22.9 Å². The van der Waals surface area contributed by atoms with Crippen LogP contribution in [0.4, 0.5) is 0 Å². The normalized spacial score (nSPS) is 12.2. The number of hydrogen-bond acceptors (Lipinski definition) is 3. The fourth-order valence-corrected chi connectivity index (χ4v) is 1.47. The molecule has 0 saturated heterocycles. The minimum Gasteiger partial charge on any atom is -0.480 e. The van der Waals surface area contributed by atoms with Crippen LogP contribution in [0.5, 0.6) is 0 Å². The van der Waals surface area contributed by atoms with Gasteiger partial charge in [-0.15, -0.1) is 0 Å². The summed E-state index contributed by atoms with van der Waals surface area (Å²) in [6, 6.07) is 2.53. The predicted octanol–water partition coefficient (Wildman–Crippen LogP) is 1.59. The average molecular weight is 248 g/mol. The molecule has 0 aliphatic heterocycles. The first-order valence-corrected chi connectivity index (χ1v) is 4.66. The zero-order valence-electron chi connectivity index (χ0n) is 7.41. The Balaban J connectivity index is 3.07. The van der Waals surface area contributed by atoms with Crippen molar-refractivity contribution in [1.29, 1.82) is 0 Å². The standard InChI is InChI=1S/C9H7Cl2NO3/c10-4-1-2-5(6(11)3-4)8(13)7(12)9(14)15/h1-3,7H,12H2,(H,14,15). The minimum atomic E-state index is -1.61. The van der Waals surface area contributed by atoms with Crippen molar-refractivity contribution in [2.24, 2.45) is 5.73 Å². The first-order chi connectivity index (χ1) is 6.93. The minimum absolute atomic E-state index is 0.0518. The maximum Gasteiger partial charge on any atom is 0.328 e. The molecule has 6 heteroatoms. The molecule has 0 amide bonds. The fraction of sp³-hybridized carbons (Fsp3) is 0.111. The van der Waals surface area contributed by atoms with Crippen LogP contribution in [0.3, 0.4) is 0 Å². The van der Waals surface area contributed by atoms with Crippen LogP contribution in [0, 0.1) is 0 Å². The molecule has 1 aromatic carbocycles. The number of carbonyl (C=O) groups is 2. The molecule has 0 spiro atoms. The molecule has 1 rings (SSSR count). The lowest BCUT2D eigenvalue weighted by Gasteiger charge is -2.07. The summed E-state index contributed by atoms with van der Waals surface area (Å²) in [7, 11) is 0. The molecule has 0 saturated carbocycles. The van der Waals surface area contributed by atoms with Crippen molar-refractivity contribution in [3.05, 3.63) is 33.8 Å². The van der Waals surface area contributed by atoms with Crippen molar-refractivity contribution < 1.29 is 14.7 Å². The van der Waals surface area contributed by atoms with Gasteiger partial charge in [0.05, 0.1) is 5.02 Å². The number of hydrogen-bond donors (Lipinski definition) is 2. The van der Waals surface area contributed by atoms with E-state index in [0.717, 1.165) is 0 Å². The summed E-state index contributed by atoms with van der Waals surface area (Å²) in [6.07, 6.45) is 0. The third kappa shape index (κ3) is 2.68. The summed E-state index contributed by atoms with van der Waals surface area (Å²) in [5.41, 5.74) is 5.21. The highest BCUT2D eigenvalue weighted by atomic mass is 35.5. The van der Waals surface area contributed by atoms with Crippen LogP contribution in [0.25, 0.3) is 0 Å². The Bertz CT molecular complexity index is 420. The predicted molar refractivity (Wildman–Crippen MR) is 56.4 cm³/mol. The van der Waals surface area contributed by atoms with E-state index in [1.807, 2.05) is 0 Å². The average Bonchev–Trinajstić information content (AvgIpc) is 2.15. The monoisotopic (exact) mass is 247 g/mol. The van der Waals surface area contributed by atoms with E-state index in [-0.39, 0.29) is 10.6 Å². The van der Waals surface area contributed by atoms with Crippen molar-refractivity contribution in [2.75, 3.05) is 0 Å². The zero-order valence-corrected chi connectivity index (χ0v) is 8.92. The number of benzene rings is 1. The first kappa shape index (κ1) is 12.0. The number of nitrogens with two attached hydrogens (primary N) is 1. The van der Waals surface area contributed by atoms with Gasteiger partial charge in [0.25, 0.3) is 0 Å². The fourth-order valence-electron chi connectivity index (χ4n) is 0.969. The van der Waals surface area contributed by atoms with Crippen molar-refractivity contribution in [1.82, 2.24) is 0 Å². The van der Waals surface area contributed by atoms with E-state index in [1.54, 1.807) is 0 Å². The van der Waals surface area contributed by atoms with Crippen LogP contribution >= 0.6 is 23.2 Å². The molecule has 1 atom stereocenters. The van der Waals surface area contributed by atoms with E-state index in [2.05, 4.69) is 0 Å². The molecule has 15 heavy (non-hydrogen) atoms. The van der Waals surface area contributed by atoms with Crippen LogP contribution in [0.15, 0.2) is 18.2 Å². The Morgan fingerprint density at radius 2 is 1.93 bits per heavy atom. The molecular formula is C9H7Cl2NO3. The molecule has 3 N–H and O–H groups in total. The van der Waals surface area contributed by atoms with Gasteiger partial charge in [0, 0.05) is 10.6 Å². The van der Waals surface area contributed by atoms with Crippen LogP contribution in [0.2, 0.25) is 10.0 Å². The Kier molecular flexibility index (Phi) is 3.68. The SMILES string of the molecule is NC(C(=O)O)C(=O)c1ccc(Cl)cc1Cl. The van der Waals surface area contributed by atoms with Gasteiger partial charge >= 0.3 is 5.97 Å². The third-order valence-electron chi connectivity index (χ3n) is 1.75. The smallest absolute Gasteiger partial charge is 0.328 e. The maximum atomic E-state index is 11.5. The molecule has 80 valence electrons. The lowest BCUT2D eigenvalue weighted by molar-refractivity contribution is -0.137. The van der Waals surface area contributed by atoms with Gasteiger partial charge in [-0.05, 0) is 18.2 Å². The van der Waals surface area contributed by atoms with Gasteiger partial charge in [0.2, 0.25) is 0 Å². The number of aliphatic carboxylic acids is 1. The Hall–Kier alpha value is -1.10. The topological polar surface area (TPSA) is 80.4 Å². The van der Waals surface area contributed by atoms with E-state index in [9.17, 15) is 9.59 Å². The molecule has 1 unspecified atom stereocenters. The highest BCUT2D eigenvalue weighted by Crippen LogP contribution is 2.21. The lowest BCUT2D eigenvalue weighted by Crippen LogP contribution is -2.38. The highest BCUT2D eigenvalue weighted by molar-refractivity contribution is 6.37. The molecule has 4 nitrogen and oxygen atoms in total. The van der Waals surface area contributed by atoms with Crippen LogP contribution in [-0.2, 0) is 4.79 Å². The van der Waals surface area contributed by atoms with Crippen LogP contribution < -0.4 is 5.73 Å². The van der Waals surface area contributed by atoms with Gasteiger partial charge in [0.15, 0.2) is 11.8 Å². The highest BCUT2D eigenvalue weighted by Gasteiger charge is 2.24. The summed E-state index contributed by atoms with van der Waals surface area (Å²) >= 11 is 11.3. The van der Waals surface area contributed by atoms with E-state index in [1.165, 1.54) is 18.2 Å². The quantitative estimate of drug-likeness (QED) is 0.628. The van der Waals surface area contributed by atoms with Crippen molar-refractivity contribution in [2.45, 2.75) is 6.04 Å². The summed E-state index contributed by atoms with van der Waals surface area (Å²) in [5, 5.41) is 8.99. The second-order valence-corrected chi connectivity index (χ2v) is 3.65. The van der Waals surface area contributed by atoms with E-state index in [4.69, 9.17) is 34.0 Å². The van der Waals surface area contributed by atoms with Crippen LogP contribution in [0.1, 0.15) is 10.4 Å². The molecule has 0 aliphatic carbocycles. The molecule has 0 aliphatic rings. The lowest BCUT2D eigenvalue weighted by atomic mass is 10.1. The van der Waals surface area contributed by atoms with Crippen molar-refractivity contribution in [3.8, 4) is 0 Å². The second kappa shape index (κ2) is 4.61. The number of ketones is 1. The van der Waals surface area contributed by atoms with E-state index < -0.39 is 17.8 Å². The Morgan fingerprint density at radius 1 is 1.33 bits per heavy atom. The summed E-state index contributed by atoms with van der Waals surface area (Å²) in [4.78, 5) is 22.0. The van der Waals surface area contributed by atoms with E-state index >= 15 is 0 Å². The van der Waals surface area contributed by atoms with Gasteiger partial charge in [-0.2, -0.15) is 0 Å². The van der Waals surface area contributed by atoms with Gasteiger partial charge in [-0.25, -0.2) is 0 Å². The van der Waals surface area contributed by atoms with Gasteiger partial charge < -0.3 is 10.8 Å². The number of Topliss-reactive ketones (excluding diaryl/α,β-unsaturated/α-hetero) is 1. The van der Waals surface area contributed by atoms with Gasteiger partial charge in [-0.1, -0.05) is 23.2 Å². The number of carboxylic acid groups (broad SMARTS) is 1. The molecule has 1 aromatic rings. The third-order valence-corrected chi connectivity index (χ3v) is 2.29. The Morgan fingerprint density at radius 3 is 2.40 bits per heavy atom. The Labute approximate surface area is 95.6 Å². The molecular weight excluding hydrogens is 241 g/mol. The van der Waals surface area contributed by atoms with Crippen molar-refractivity contribution in [3.63, 3.8) is 0 Å². The number of carboxylic acids is 1. The maximum absolute atomic E-state index is 11.5. The molecule has 0 aromatic heterocycles. The number of carbonyl (C=O) groups excluding carboxylic acids is 1. The van der Waals surface area contributed by atoms with Gasteiger partial charge in [0.1, 0.15) is 0 Å². The summed E-state index contributed by atoms with van der Waals surface area (Å²) in [5.74, 6) is -2.14.